The smallest absolute Gasteiger partial charge is 0.340 e. The van der Waals surface area contributed by atoms with Crippen LogP contribution in [-0.2, 0) is 9.47 Å². The van der Waals surface area contributed by atoms with Gasteiger partial charge in [0.2, 0.25) is 0 Å². The van der Waals surface area contributed by atoms with Crippen molar-refractivity contribution in [2.45, 2.75) is 0 Å². The fourth-order valence-electron chi connectivity index (χ4n) is 3.43. The Labute approximate surface area is 194 Å². The summed E-state index contributed by atoms with van der Waals surface area (Å²) in [5.41, 5.74) is 3.71. The molecule has 0 aliphatic carbocycles. The number of esters is 2. The largest absolute Gasteiger partial charge is 0.465 e. The first-order valence-electron chi connectivity index (χ1n) is 9.55. The van der Waals surface area contributed by atoms with Crippen LogP contribution in [0.3, 0.4) is 0 Å². The minimum absolute atomic E-state index is 0.296. The number of hydrogen-bond acceptors (Lipinski definition) is 5. The third-order valence-electron chi connectivity index (χ3n) is 4.99. The Balaban J connectivity index is 1.69. The predicted octanol–water partition coefficient (Wildman–Crippen LogP) is 6.25. The molecule has 0 unspecified atom stereocenters. The van der Waals surface area contributed by atoms with Crippen molar-refractivity contribution in [1.29, 1.82) is 0 Å². The average Bonchev–Trinajstić information content (AvgIpc) is 3.22. The topological polar surface area (TPSA) is 69.6 Å². The monoisotopic (exact) mass is 468 g/mol. The second-order valence-electron chi connectivity index (χ2n) is 6.92. The van der Waals surface area contributed by atoms with Crippen molar-refractivity contribution in [3.05, 3.63) is 88.0 Å². The van der Waals surface area contributed by atoms with E-state index in [1.165, 1.54) is 14.2 Å². The molecule has 3 aromatic carbocycles. The van der Waals surface area contributed by atoms with Gasteiger partial charge in [0, 0.05) is 28.0 Å². The predicted molar refractivity (Wildman–Crippen MR) is 126 cm³/mol. The molecule has 1 N–H and O–H groups in total. The molecule has 0 saturated carbocycles. The zero-order chi connectivity index (χ0) is 22.8. The van der Waals surface area contributed by atoms with Gasteiger partial charge >= 0.3 is 11.9 Å². The summed E-state index contributed by atoms with van der Waals surface area (Å²) in [5, 5.41) is 4.97. The molecule has 0 atom stereocenters. The van der Waals surface area contributed by atoms with Crippen LogP contribution in [-0.4, -0.2) is 30.7 Å². The van der Waals surface area contributed by atoms with Gasteiger partial charge in [-0.25, -0.2) is 9.59 Å². The van der Waals surface area contributed by atoms with Crippen molar-refractivity contribution >= 4 is 57.4 Å². The highest BCUT2D eigenvalue weighted by Crippen LogP contribution is 2.29. The molecule has 0 aliphatic rings. The summed E-state index contributed by atoms with van der Waals surface area (Å²) >= 11 is 12.2. The van der Waals surface area contributed by atoms with Gasteiger partial charge < -0.3 is 19.4 Å². The molecule has 0 bridgehead atoms. The first kappa shape index (κ1) is 21.7. The SMILES string of the molecule is COC(=O)c1cc(-n2ccc3cc(Nc4ccc(Cl)cc4C(=O)OC)ccc32)ccc1Cl. The lowest BCUT2D eigenvalue weighted by Gasteiger charge is -2.12. The summed E-state index contributed by atoms with van der Waals surface area (Å²) in [7, 11) is 2.64. The minimum atomic E-state index is -0.496. The lowest BCUT2D eigenvalue weighted by atomic mass is 10.1. The van der Waals surface area contributed by atoms with Crippen LogP contribution in [0.2, 0.25) is 10.0 Å². The van der Waals surface area contributed by atoms with Gasteiger partial charge in [-0.2, -0.15) is 0 Å². The lowest BCUT2D eigenvalue weighted by molar-refractivity contribution is 0.0592. The number of halogens is 2. The quantitative estimate of drug-likeness (QED) is 0.350. The first-order valence-corrected chi connectivity index (χ1v) is 10.3. The number of fused-ring (bicyclic) bond motifs is 1. The van der Waals surface area contributed by atoms with Crippen LogP contribution in [0.4, 0.5) is 11.4 Å². The number of anilines is 2. The van der Waals surface area contributed by atoms with Crippen LogP contribution >= 0.6 is 23.2 Å². The van der Waals surface area contributed by atoms with Gasteiger partial charge in [0.1, 0.15) is 0 Å². The van der Waals surface area contributed by atoms with Crippen molar-refractivity contribution in [2.24, 2.45) is 0 Å². The molecule has 32 heavy (non-hydrogen) atoms. The van der Waals surface area contributed by atoms with Crippen LogP contribution in [0.5, 0.6) is 0 Å². The van der Waals surface area contributed by atoms with E-state index in [1.54, 1.807) is 30.3 Å². The molecular weight excluding hydrogens is 451 g/mol. The molecule has 1 heterocycles. The summed E-state index contributed by atoms with van der Waals surface area (Å²) < 4.78 is 11.6. The molecule has 8 heteroatoms. The van der Waals surface area contributed by atoms with Gasteiger partial charge in [0.15, 0.2) is 0 Å². The second kappa shape index (κ2) is 8.94. The zero-order valence-corrected chi connectivity index (χ0v) is 18.7. The maximum absolute atomic E-state index is 12.1. The third kappa shape index (κ3) is 4.15. The summed E-state index contributed by atoms with van der Waals surface area (Å²) in [5.74, 6) is -0.976. The van der Waals surface area contributed by atoms with Crippen LogP contribution in [0, 0.1) is 0 Å². The first-order chi connectivity index (χ1) is 15.4. The summed E-state index contributed by atoms with van der Waals surface area (Å²) in [6, 6.07) is 17.9. The summed E-state index contributed by atoms with van der Waals surface area (Å²) in [4.78, 5) is 24.1. The molecule has 6 nitrogen and oxygen atoms in total. The number of carbonyl (C=O) groups excluding carboxylic acids is 2. The van der Waals surface area contributed by atoms with Crippen LogP contribution in [0.15, 0.2) is 66.9 Å². The Morgan fingerprint density at radius 1 is 0.844 bits per heavy atom. The molecule has 162 valence electrons. The number of nitrogens with one attached hydrogen (secondary N) is 1. The van der Waals surface area contributed by atoms with E-state index in [-0.39, 0.29) is 0 Å². The van der Waals surface area contributed by atoms with Crippen molar-refractivity contribution in [3.63, 3.8) is 0 Å². The van der Waals surface area contributed by atoms with Gasteiger partial charge in [0.05, 0.1) is 41.6 Å². The number of carbonyl (C=O) groups is 2. The van der Waals surface area contributed by atoms with E-state index in [0.29, 0.717) is 26.9 Å². The highest BCUT2D eigenvalue weighted by atomic mass is 35.5. The van der Waals surface area contributed by atoms with Crippen molar-refractivity contribution < 1.29 is 19.1 Å². The lowest BCUT2D eigenvalue weighted by Crippen LogP contribution is -2.05. The third-order valence-corrected chi connectivity index (χ3v) is 5.55. The van der Waals surface area contributed by atoms with Gasteiger partial charge in [-0.15, -0.1) is 0 Å². The molecule has 4 rings (SSSR count). The van der Waals surface area contributed by atoms with Gasteiger partial charge in [0.25, 0.3) is 0 Å². The fourth-order valence-corrected chi connectivity index (χ4v) is 3.80. The van der Waals surface area contributed by atoms with Crippen molar-refractivity contribution in [2.75, 3.05) is 19.5 Å². The Kier molecular flexibility index (Phi) is 6.08. The molecule has 0 spiro atoms. The van der Waals surface area contributed by atoms with E-state index in [4.69, 9.17) is 32.7 Å². The molecule has 0 saturated heterocycles. The standard InChI is InChI=1S/C24H18Cl2N2O4/c1-31-23(29)18-13-17(5-6-20(18)26)28-10-9-14-11-16(4-8-22(14)28)27-21-7-3-15(25)12-19(21)24(30)32-2/h3-13,27H,1-2H3. The van der Waals surface area contributed by atoms with Crippen LogP contribution in [0.1, 0.15) is 20.7 Å². The Morgan fingerprint density at radius 3 is 2.34 bits per heavy atom. The highest BCUT2D eigenvalue weighted by molar-refractivity contribution is 6.33. The van der Waals surface area contributed by atoms with E-state index >= 15 is 0 Å². The number of nitrogens with zero attached hydrogens (tertiary/aromatic N) is 1. The maximum atomic E-state index is 12.1. The number of rotatable bonds is 5. The fraction of sp³-hybridized carbons (Fsp3) is 0.0833. The molecule has 0 fully saturated rings. The van der Waals surface area contributed by atoms with E-state index < -0.39 is 11.9 Å². The Hall–Kier alpha value is -3.48. The number of methoxy groups -OCH3 is 2. The number of benzene rings is 3. The van der Waals surface area contributed by atoms with E-state index in [2.05, 4.69) is 5.32 Å². The summed E-state index contributed by atoms with van der Waals surface area (Å²) in [6.45, 7) is 0. The Morgan fingerprint density at radius 2 is 1.59 bits per heavy atom. The number of hydrogen-bond donors (Lipinski definition) is 1. The average molecular weight is 469 g/mol. The second-order valence-corrected chi connectivity index (χ2v) is 7.77. The van der Waals surface area contributed by atoms with Gasteiger partial charge in [-0.1, -0.05) is 23.2 Å². The van der Waals surface area contributed by atoms with Crippen LogP contribution < -0.4 is 5.32 Å². The maximum Gasteiger partial charge on any atom is 0.340 e. The summed E-state index contributed by atoms with van der Waals surface area (Å²) in [6.07, 6.45) is 1.90. The number of ether oxygens (including phenoxy) is 2. The van der Waals surface area contributed by atoms with Gasteiger partial charge in [-0.05, 0) is 60.7 Å². The normalized spacial score (nSPS) is 10.8. The zero-order valence-electron chi connectivity index (χ0n) is 17.2. The molecular formula is C24H18Cl2N2O4. The molecule has 0 radical (unpaired) electrons. The van der Waals surface area contributed by atoms with Gasteiger partial charge in [-0.3, -0.25) is 0 Å². The van der Waals surface area contributed by atoms with Crippen molar-refractivity contribution in [1.82, 2.24) is 4.57 Å². The number of aromatic nitrogens is 1. The molecule has 4 aromatic rings. The minimum Gasteiger partial charge on any atom is -0.465 e. The molecule has 0 aliphatic heterocycles. The van der Waals surface area contributed by atoms with E-state index in [9.17, 15) is 9.59 Å². The van der Waals surface area contributed by atoms with E-state index in [1.807, 2.05) is 41.1 Å². The molecule has 1 aromatic heterocycles. The van der Waals surface area contributed by atoms with Crippen LogP contribution in [0.25, 0.3) is 16.6 Å². The van der Waals surface area contributed by atoms with Crippen molar-refractivity contribution in [3.8, 4) is 5.69 Å². The molecule has 0 amide bonds. The Bertz CT molecular complexity index is 1350. The highest BCUT2D eigenvalue weighted by Gasteiger charge is 2.15. The van der Waals surface area contributed by atoms with E-state index in [0.717, 1.165) is 22.3 Å².